The zero-order valence-electron chi connectivity index (χ0n) is 17.8. The molecule has 0 aliphatic carbocycles. The molecule has 0 spiro atoms. The molecule has 0 atom stereocenters. The van der Waals surface area contributed by atoms with Crippen LogP contribution < -0.4 is 5.73 Å². The molecule has 0 saturated carbocycles. The number of nitrogens with two attached hydrogens (primary N) is 1. The van der Waals surface area contributed by atoms with Crippen LogP contribution in [0.4, 0.5) is 4.39 Å². The van der Waals surface area contributed by atoms with E-state index in [0.717, 1.165) is 53.8 Å². The average Bonchev–Trinajstić information content (AvgIpc) is 3.15. The van der Waals surface area contributed by atoms with Gasteiger partial charge < -0.3 is 10.2 Å². The largest absolute Gasteiger partial charge is 0.441 e. The van der Waals surface area contributed by atoms with Crippen LogP contribution in [0.5, 0.6) is 0 Å². The van der Waals surface area contributed by atoms with E-state index in [9.17, 15) is 12.8 Å². The van der Waals surface area contributed by atoms with Crippen molar-refractivity contribution in [2.24, 2.45) is 5.73 Å². The molecule has 31 heavy (non-hydrogen) atoms. The van der Waals surface area contributed by atoms with Crippen LogP contribution >= 0.6 is 0 Å². The van der Waals surface area contributed by atoms with Crippen molar-refractivity contribution in [2.45, 2.75) is 50.8 Å². The maximum Gasteiger partial charge on any atom is 0.294 e. The van der Waals surface area contributed by atoms with Crippen molar-refractivity contribution in [2.75, 3.05) is 6.54 Å². The lowest BCUT2D eigenvalue weighted by atomic mass is 10.1. The Hall–Kier alpha value is -2.55. The molecule has 1 aromatic heterocycles. The Kier molecular flexibility index (Phi) is 9.36. The molecule has 0 fully saturated rings. The van der Waals surface area contributed by atoms with Gasteiger partial charge >= 0.3 is 0 Å². The summed E-state index contributed by atoms with van der Waals surface area (Å²) in [6.07, 6.45) is 5.09. The van der Waals surface area contributed by atoms with Crippen molar-refractivity contribution in [3.8, 4) is 0 Å². The highest BCUT2D eigenvalue weighted by molar-refractivity contribution is 7.85. The Morgan fingerprint density at radius 1 is 1.19 bits per heavy atom. The van der Waals surface area contributed by atoms with Crippen molar-refractivity contribution in [3.63, 3.8) is 0 Å². The summed E-state index contributed by atoms with van der Waals surface area (Å²) in [4.78, 5) is 4.39. The molecule has 3 rings (SSSR count). The van der Waals surface area contributed by atoms with Gasteiger partial charge in [-0.2, -0.15) is 8.42 Å². The molecule has 6 nitrogen and oxygen atoms in total. The maximum atomic E-state index is 12.5. The fourth-order valence-corrected chi connectivity index (χ4v) is 3.30. The van der Waals surface area contributed by atoms with Crippen LogP contribution in [0.3, 0.4) is 0 Å². The third kappa shape index (κ3) is 7.90. The molecule has 2 aromatic carbocycles. The van der Waals surface area contributed by atoms with Gasteiger partial charge in [0.1, 0.15) is 5.52 Å². The van der Waals surface area contributed by atoms with Crippen LogP contribution in [-0.4, -0.2) is 24.5 Å². The van der Waals surface area contributed by atoms with E-state index < -0.39 is 10.1 Å². The van der Waals surface area contributed by atoms with Crippen molar-refractivity contribution in [1.29, 1.82) is 0 Å². The van der Waals surface area contributed by atoms with Crippen molar-refractivity contribution < 1.29 is 21.8 Å². The normalized spacial score (nSPS) is 12.0. The summed E-state index contributed by atoms with van der Waals surface area (Å²) in [5.41, 5.74) is 9.85. The standard InChI is InChI=1S/C16H21FN2O.C7H8O3S/c1-2-3-4-16-19-14-8-7-12(9-15(14)20-16)5-6-13(10-17)11-18;1-6-2-4-7(5-3-6)11(8,9)10/h7-10H,2-6,11,18H2,1H3;2-5H,1H3,(H,8,9,10). The van der Waals surface area contributed by atoms with Crippen LogP contribution in [0.15, 0.2) is 63.7 Å². The maximum absolute atomic E-state index is 12.5. The Morgan fingerprint density at radius 2 is 1.90 bits per heavy atom. The average molecular weight is 449 g/mol. The van der Waals surface area contributed by atoms with E-state index in [0.29, 0.717) is 18.3 Å². The van der Waals surface area contributed by atoms with E-state index in [4.69, 9.17) is 14.7 Å². The van der Waals surface area contributed by atoms with E-state index >= 15 is 0 Å². The molecular weight excluding hydrogens is 419 g/mol. The topological polar surface area (TPSA) is 106 Å². The van der Waals surface area contributed by atoms with Gasteiger partial charge in [-0.15, -0.1) is 0 Å². The molecule has 3 aromatic rings. The lowest BCUT2D eigenvalue weighted by Gasteiger charge is -2.02. The van der Waals surface area contributed by atoms with Crippen LogP contribution in [0.2, 0.25) is 0 Å². The zero-order chi connectivity index (χ0) is 22.9. The molecule has 8 heteroatoms. The number of rotatable bonds is 8. The van der Waals surface area contributed by atoms with E-state index in [1.807, 2.05) is 25.1 Å². The minimum Gasteiger partial charge on any atom is -0.441 e. The van der Waals surface area contributed by atoms with Gasteiger partial charge in [-0.05, 0) is 61.6 Å². The minimum absolute atomic E-state index is 0.0666. The Labute approximate surface area is 182 Å². The number of fused-ring (bicyclic) bond motifs is 1. The monoisotopic (exact) mass is 448 g/mol. The summed E-state index contributed by atoms with van der Waals surface area (Å²) < 4.78 is 47.8. The molecule has 0 radical (unpaired) electrons. The first-order valence-corrected chi connectivity index (χ1v) is 11.6. The van der Waals surface area contributed by atoms with E-state index in [1.54, 1.807) is 12.1 Å². The van der Waals surface area contributed by atoms with Crippen LogP contribution in [0, 0.1) is 6.92 Å². The second-order valence-corrected chi connectivity index (χ2v) is 8.69. The number of nitrogens with zero attached hydrogens (tertiary/aromatic N) is 1. The first-order chi connectivity index (χ1) is 14.8. The van der Waals surface area contributed by atoms with E-state index in [1.165, 1.54) is 12.1 Å². The second-order valence-electron chi connectivity index (χ2n) is 7.27. The van der Waals surface area contributed by atoms with Gasteiger partial charge in [0.05, 0.1) is 11.2 Å². The molecule has 0 saturated heterocycles. The summed E-state index contributed by atoms with van der Waals surface area (Å²) in [7, 11) is -4.02. The van der Waals surface area contributed by atoms with Crippen LogP contribution in [-0.2, 0) is 23.0 Å². The lowest BCUT2D eigenvalue weighted by Crippen LogP contribution is -2.03. The van der Waals surface area contributed by atoms with Gasteiger partial charge in [0, 0.05) is 13.0 Å². The van der Waals surface area contributed by atoms with Gasteiger partial charge in [-0.1, -0.05) is 37.1 Å². The number of unbranched alkanes of at least 4 members (excludes halogenated alkanes) is 1. The molecule has 0 unspecified atom stereocenters. The molecule has 0 amide bonds. The van der Waals surface area contributed by atoms with Gasteiger partial charge in [-0.25, -0.2) is 9.37 Å². The van der Waals surface area contributed by atoms with Gasteiger partial charge in [0.2, 0.25) is 0 Å². The fourth-order valence-electron chi connectivity index (χ4n) is 2.82. The minimum atomic E-state index is -4.02. The Balaban J connectivity index is 0.000000262. The third-order valence-electron chi connectivity index (χ3n) is 4.71. The Morgan fingerprint density at radius 3 is 2.48 bits per heavy atom. The van der Waals surface area contributed by atoms with Crippen molar-refractivity contribution in [3.05, 3.63) is 71.4 Å². The first-order valence-electron chi connectivity index (χ1n) is 10.2. The summed E-state index contributed by atoms with van der Waals surface area (Å²) in [5, 5.41) is 0. The van der Waals surface area contributed by atoms with Crippen LogP contribution in [0.1, 0.15) is 43.2 Å². The number of benzene rings is 2. The highest BCUT2D eigenvalue weighted by Gasteiger charge is 2.07. The van der Waals surface area contributed by atoms with Gasteiger partial charge in [0.25, 0.3) is 10.1 Å². The molecule has 1 heterocycles. The van der Waals surface area contributed by atoms with E-state index in [-0.39, 0.29) is 11.4 Å². The van der Waals surface area contributed by atoms with Crippen molar-refractivity contribution in [1.82, 2.24) is 4.98 Å². The van der Waals surface area contributed by atoms with Gasteiger partial charge in [0.15, 0.2) is 11.5 Å². The predicted octanol–water partition coefficient (Wildman–Crippen LogP) is 5.16. The smallest absolute Gasteiger partial charge is 0.294 e. The number of aryl methyl sites for hydroxylation is 3. The number of hydrogen-bond donors (Lipinski definition) is 2. The lowest BCUT2D eigenvalue weighted by molar-refractivity contribution is 0.483. The molecule has 0 bridgehead atoms. The second kappa shape index (κ2) is 11.7. The highest BCUT2D eigenvalue weighted by Crippen LogP contribution is 2.20. The van der Waals surface area contributed by atoms with Gasteiger partial charge in [-0.3, -0.25) is 4.55 Å². The number of aromatic nitrogens is 1. The Bertz CT molecular complexity index is 1110. The van der Waals surface area contributed by atoms with Crippen molar-refractivity contribution >= 4 is 21.2 Å². The molecule has 0 aliphatic rings. The molecule has 3 N–H and O–H groups in total. The highest BCUT2D eigenvalue weighted by atomic mass is 32.2. The van der Waals surface area contributed by atoms with E-state index in [2.05, 4.69) is 11.9 Å². The number of halogens is 1. The molecule has 168 valence electrons. The zero-order valence-corrected chi connectivity index (χ0v) is 18.7. The number of oxazole rings is 1. The molecule has 0 aliphatic heterocycles. The number of hydrogen-bond acceptors (Lipinski definition) is 5. The summed E-state index contributed by atoms with van der Waals surface area (Å²) >= 11 is 0. The first kappa shape index (κ1) is 24.7. The molecular formula is C23H29FN2O4S. The SMILES string of the molecule is CCCCc1nc2ccc(CCC(=CF)CN)cc2o1.Cc1ccc(S(=O)(=O)O)cc1. The fraction of sp³-hybridized carbons (Fsp3) is 0.348. The third-order valence-corrected chi connectivity index (χ3v) is 5.58. The van der Waals surface area contributed by atoms with Crippen LogP contribution in [0.25, 0.3) is 11.1 Å². The summed E-state index contributed by atoms with van der Waals surface area (Å²) in [6.45, 7) is 4.25. The predicted molar refractivity (Wildman–Crippen MR) is 120 cm³/mol. The summed E-state index contributed by atoms with van der Waals surface area (Å²) in [6, 6.07) is 12.0. The quantitative estimate of drug-likeness (QED) is 0.461. The summed E-state index contributed by atoms with van der Waals surface area (Å²) in [5.74, 6) is 0.797.